The number of nitrogens with one attached hydrogen (secondary N) is 2. The summed E-state index contributed by atoms with van der Waals surface area (Å²) in [6.07, 6.45) is 2.50. The Morgan fingerprint density at radius 3 is 2.44 bits per heavy atom. The molecular weight excluding hydrogens is 342 g/mol. The molecule has 3 rings (SSSR count). The molecule has 0 radical (unpaired) electrons. The molecule has 6 heteroatoms. The van der Waals surface area contributed by atoms with Gasteiger partial charge in [-0.15, -0.1) is 0 Å². The number of aryl methyl sites for hydroxylation is 1. The summed E-state index contributed by atoms with van der Waals surface area (Å²) in [5.41, 5.74) is 4.38. The molecule has 0 spiro atoms. The molecule has 1 saturated heterocycles. The number of rotatable bonds is 6. The van der Waals surface area contributed by atoms with Gasteiger partial charge < -0.3 is 19.9 Å². The lowest BCUT2D eigenvalue weighted by Gasteiger charge is -2.17. The van der Waals surface area contributed by atoms with Crippen molar-refractivity contribution < 1.29 is 14.3 Å². The molecule has 0 saturated carbocycles. The highest BCUT2D eigenvalue weighted by molar-refractivity contribution is 6.00. The number of nitrogens with zero attached hydrogens (tertiary/aromatic N) is 1. The third-order valence-electron chi connectivity index (χ3n) is 5.00. The lowest BCUT2D eigenvalue weighted by atomic mass is 10.1. The van der Waals surface area contributed by atoms with E-state index in [9.17, 15) is 9.59 Å². The number of aromatic amines is 1. The highest BCUT2D eigenvalue weighted by Gasteiger charge is 2.22. The number of H-pyrrole nitrogens is 1. The van der Waals surface area contributed by atoms with Crippen LogP contribution < -0.4 is 10.2 Å². The molecule has 0 bridgehead atoms. The number of anilines is 1. The molecule has 1 aromatic carbocycles. The molecule has 1 aliphatic rings. The molecule has 2 aromatic rings. The van der Waals surface area contributed by atoms with Crippen molar-refractivity contribution >= 4 is 17.6 Å². The predicted octanol–water partition coefficient (Wildman–Crippen LogP) is 3.34. The average Bonchev–Trinajstić information content (AvgIpc) is 3.28. The number of amides is 1. The lowest BCUT2D eigenvalue weighted by molar-refractivity contribution is 0.0525. The van der Waals surface area contributed by atoms with Crippen LogP contribution in [0.2, 0.25) is 0 Å². The van der Waals surface area contributed by atoms with Crippen molar-refractivity contribution in [1.82, 2.24) is 10.3 Å². The summed E-state index contributed by atoms with van der Waals surface area (Å²) >= 11 is 0. The standard InChI is InChI=1S/C21H27N3O3/c1-4-27-21(26)18-14(2)19(23-15(18)3)20(25)22-13-16-7-9-17(10-8-16)24-11-5-6-12-24/h7-10,23H,4-6,11-13H2,1-3H3,(H,22,25). The van der Waals surface area contributed by atoms with E-state index in [1.807, 2.05) is 12.1 Å². The second-order valence-electron chi connectivity index (χ2n) is 6.89. The first-order chi connectivity index (χ1) is 13.0. The minimum atomic E-state index is -0.402. The van der Waals surface area contributed by atoms with Crippen LogP contribution in [0.25, 0.3) is 0 Å². The van der Waals surface area contributed by atoms with Crippen molar-refractivity contribution in [3.8, 4) is 0 Å². The van der Waals surface area contributed by atoms with E-state index in [1.165, 1.54) is 18.5 Å². The Kier molecular flexibility index (Phi) is 5.84. The van der Waals surface area contributed by atoms with Crippen molar-refractivity contribution in [2.75, 3.05) is 24.6 Å². The summed E-state index contributed by atoms with van der Waals surface area (Å²) in [6.45, 7) is 8.26. The summed E-state index contributed by atoms with van der Waals surface area (Å²) in [4.78, 5) is 30.0. The zero-order valence-electron chi connectivity index (χ0n) is 16.2. The van der Waals surface area contributed by atoms with Gasteiger partial charge in [0.2, 0.25) is 0 Å². The van der Waals surface area contributed by atoms with Gasteiger partial charge in [-0.25, -0.2) is 4.79 Å². The third kappa shape index (κ3) is 4.15. The highest BCUT2D eigenvalue weighted by atomic mass is 16.5. The van der Waals surface area contributed by atoms with Crippen LogP contribution >= 0.6 is 0 Å². The number of aromatic nitrogens is 1. The van der Waals surface area contributed by atoms with E-state index in [4.69, 9.17) is 4.74 Å². The Labute approximate surface area is 159 Å². The Balaban J connectivity index is 1.64. The fourth-order valence-corrected chi connectivity index (χ4v) is 3.56. The van der Waals surface area contributed by atoms with Crippen molar-refractivity contribution in [2.45, 2.75) is 40.2 Å². The van der Waals surface area contributed by atoms with Gasteiger partial charge in [-0.1, -0.05) is 12.1 Å². The van der Waals surface area contributed by atoms with Gasteiger partial charge in [-0.2, -0.15) is 0 Å². The van der Waals surface area contributed by atoms with E-state index in [-0.39, 0.29) is 5.91 Å². The summed E-state index contributed by atoms with van der Waals surface area (Å²) < 4.78 is 5.07. The highest BCUT2D eigenvalue weighted by Crippen LogP contribution is 2.21. The van der Waals surface area contributed by atoms with E-state index in [2.05, 4.69) is 27.3 Å². The predicted molar refractivity (Wildman–Crippen MR) is 105 cm³/mol. The Morgan fingerprint density at radius 1 is 1.15 bits per heavy atom. The van der Waals surface area contributed by atoms with Gasteiger partial charge in [0.25, 0.3) is 5.91 Å². The summed E-state index contributed by atoms with van der Waals surface area (Å²) in [5, 5.41) is 2.92. The largest absolute Gasteiger partial charge is 0.462 e. The van der Waals surface area contributed by atoms with Gasteiger partial charge in [-0.3, -0.25) is 4.79 Å². The topological polar surface area (TPSA) is 74.4 Å². The van der Waals surface area contributed by atoms with Crippen LogP contribution in [-0.2, 0) is 11.3 Å². The first-order valence-electron chi connectivity index (χ1n) is 9.49. The van der Waals surface area contributed by atoms with Crippen molar-refractivity contribution in [3.63, 3.8) is 0 Å². The SMILES string of the molecule is CCOC(=O)c1c(C)[nH]c(C(=O)NCc2ccc(N3CCCC3)cc2)c1C. The molecule has 0 aliphatic carbocycles. The third-order valence-corrected chi connectivity index (χ3v) is 5.00. The van der Waals surface area contributed by atoms with Crippen LogP contribution in [0.15, 0.2) is 24.3 Å². The zero-order chi connectivity index (χ0) is 19.4. The Hall–Kier alpha value is -2.76. The maximum Gasteiger partial charge on any atom is 0.340 e. The number of esters is 1. The van der Waals surface area contributed by atoms with Gasteiger partial charge in [0.15, 0.2) is 0 Å². The first kappa shape index (κ1) is 19.0. The van der Waals surface area contributed by atoms with Crippen molar-refractivity contribution in [3.05, 3.63) is 52.3 Å². The van der Waals surface area contributed by atoms with E-state index in [0.717, 1.165) is 18.7 Å². The minimum absolute atomic E-state index is 0.227. The lowest BCUT2D eigenvalue weighted by Crippen LogP contribution is -2.24. The molecule has 27 heavy (non-hydrogen) atoms. The molecule has 1 aliphatic heterocycles. The fourth-order valence-electron chi connectivity index (χ4n) is 3.56. The van der Waals surface area contributed by atoms with Gasteiger partial charge in [0.1, 0.15) is 5.69 Å². The smallest absolute Gasteiger partial charge is 0.340 e. The Bertz CT molecular complexity index is 818. The van der Waals surface area contributed by atoms with Gasteiger partial charge >= 0.3 is 5.97 Å². The summed E-state index contributed by atoms with van der Waals surface area (Å²) in [5.74, 6) is -0.630. The van der Waals surface area contributed by atoms with E-state index >= 15 is 0 Å². The van der Waals surface area contributed by atoms with Crippen LogP contribution in [0, 0.1) is 13.8 Å². The summed E-state index contributed by atoms with van der Waals surface area (Å²) in [7, 11) is 0. The first-order valence-corrected chi connectivity index (χ1v) is 9.49. The average molecular weight is 369 g/mol. The normalized spacial score (nSPS) is 13.7. The number of carbonyl (C=O) groups excluding carboxylic acids is 2. The number of benzene rings is 1. The number of carbonyl (C=O) groups is 2. The van der Waals surface area contributed by atoms with Crippen LogP contribution in [0.1, 0.15) is 57.4 Å². The second kappa shape index (κ2) is 8.29. The molecule has 6 nitrogen and oxygen atoms in total. The molecule has 144 valence electrons. The van der Waals surface area contributed by atoms with Gasteiger partial charge in [-0.05, 0) is 56.9 Å². The molecule has 0 unspecified atom stereocenters. The van der Waals surface area contributed by atoms with Crippen molar-refractivity contribution in [2.24, 2.45) is 0 Å². The molecule has 2 heterocycles. The zero-order valence-corrected chi connectivity index (χ0v) is 16.2. The minimum Gasteiger partial charge on any atom is -0.462 e. The molecule has 2 N–H and O–H groups in total. The fraction of sp³-hybridized carbons (Fsp3) is 0.429. The van der Waals surface area contributed by atoms with Crippen LogP contribution in [0.4, 0.5) is 5.69 Å². The molecule has 1 aromatic heterocycles. The molecule has 1 fully saturated rings. The summed E-state index contributed by atoms with van der Waals surface area (Å²) in [6, 6.07) is 8.31. The van der Waals surface area contributed by atoms with E-state index < -0.39 is 5.97 Å². The van der Waals surface area contributed by atoms with E-state index in [0.29, 0.717) is 35.7 Å². The molecule has 1 amide bonds. The number of hydrogen-bond donors (Lipinski definition) is 2. The maximum absolute atomic E-state index is 12.6. The number of ether oxygens (including phenoxy) is 1. The van der Waals surface area contributed by atoms with Crippen LogP contribution in [0.3, 0.4) is 0 Å². The van der Waals surface area contributed by atoms with Crippen LogP contribution in [-0.4, -0.2) is 36.6 Å². The van der Waals surface area contributed by atoms with E-state index in [1.54, 1.807) is 20.8 Å². The van der Waals surface area contributed by atoms with Crippen molar-refractivity contribution in [1.29, 1.82) is 0 Å². The monoisotopic (exact) mass is 369 g/mol. The van der Waals surface area contributed by atoms with Gasteiger partial charge in [0, 0.05) is 31.0 Å². The number of hydrogen-bond acceptors (Lipinski definition) is 4. The maximum atomic E-state index is 12.6. The molecule has 0 atom stereocenters. The Morgan fingerprint density at radius 2 is 1.81 bits per heavy atom. The van der Waals surface area contributed by atoms with Gasteiger partial charge in [0.05, 0.1) is 12.2 Å². The van der Waals surface area contributed by atoms with Crippen LogP contribution in [0.5, 0.6) is 0 Å². The quantitative estimate of drug-likeness (QED) is 0.766. The molecular formula is C21H27N3O3. The second-order valence-corrected chi connectivity index (χ2v) is 6.89.